The number of hydrogen-bond acceptors (Lipinski definition) is 12. The predicted molar refractivity (Wildman–Crippen MR) is 407 cm³/mol. The molecule has 526 valence electrons. The minimum absolute atomic E-state index is 0. The van der Waals surface area contributed by atoms with E-state index < -0.39 is 35.8 Å². The largest absolute Gasteiger partial charge is 0.365 e. The second kappa shape index (κ2) is 35.9. The molecule has 9 heterocycles. The van der Waals surface area contributed by atoms with Gasteiger partial charge in [-0.2, -0.15) is 0 Å². The van der Waals surface area contributed by atoms with Crippen molar-refractivity contribution < 1.29 is 28.8 Å². The maximum atomic E-state index is 12.6. The Labute approximate surface area is 606 Å². The second-order valence-corrected chi connectivity index (χ2v) is 29.3. The molecule has 18 nitrogen and oxygen atoms in total. The third kappa shape index (κ3) is 18.4. The van der Waals surface area contributed by atoms with Crippen LogP contribution in [0.2, 0.25) is 15.1 Å². The zero-order valence-electron chi connectivity index (χ0n) is 50.1. The molecule has 0 spiro atoms. The van der Waals surface area contributed by atoms with Crippen molar-refractivity contribution in [3.05, 3.63) is 136 Å². The van der Waals surface area contributed by atoms with Gasteiger partial charge < -0.3 is 38.5 Å². The van der Waals surface area contributed by atoms with Crippen molar-refractivity contribution in [1.29, 1.82) is 0 Å². The number of fused-ring (bicyclic) bond motifs is 12. The van der Waals surface area contributed by atoms with Gasteiger partial charge in [-0.15, -0.1) is 58.8 Å². The van der Waals surface area contributed by atoms with Crippen LogP contribution in [-0.2, 0) is 19.3 Å². The Hall–Kier alpha value is -5.69. The number of carbonyl (C=O) groups is 6. The highest BCUT2D eigenvalue weighted by molar-refractivity contribution is 7.17. The molecular weight excluding hydrogens is 1380 g/mol. The molecular formula is C70H97Cl5N12O6S3. The highest BCUT2D eigenvalue weighted by Gasteiger charge is 2.46. The van der Waals surface area contributed by atoms with Gasteiger partial charge in [-0.05, 0) is 185 Å². The van der Waals surface area contributed by atoms with Gasteiger partial charge >= 0.3 is 18.1 Å². The van der Waals surface area contributed by atoms with E-state index in [2.05, 4.69) is 47.0 Å². The summed E-state index contributed by atoms with van der Waals surface area (Å²) in [5, 5.41) is 23.8. The van der Waals surface area contributed by atoms with Gasteiger partial charge in [0, 0.05) is 96.1 Å². The number of hydrogen-bond donors (Lipinski definition) is 10. The number of urea groups is 3. The Morgan fingerprint density at radius 2 is 0.740 bits per heavy atom. The van der Waals surface area contributed by atoms with E-state index in [1.165, 1.54) is 108 Å². The van der Waals surface area contributed by atoms with Crippen molar-refractivity contribution in [2.24, 2.45) is 29.0 Å². The van der Waals surface area contributed by atoms with Gasteiger partial charge in [0.05, 0.1) is 16.7 Å². The molecule has 0 radical (unpaired) electrons. The van der Waals surface area contributed by atoms with Crippen LogP contribution in [0.1, 0.15) is 220 Å². The number of nitrogens with two attached hydrogens (primary N) is 3. The second-order valence-electron chi connectivity index (χ2n) is 24.8. The van der Waals surface area contributed by atoms with E-state index in [1.54, 1.807) is 72.8 Å². The van der Waals surface area contributed by atoms with E-state index >= 15 is 0 Å². The molecule has 5 fully saturated rings. The maximum absolute atomic E-state index is 12.6. The molecule has 13 N–H and O–H groups in total. The lowest BCUT2D eigenvalue weighted by Gasteiger charge is -2.38. The number of rotatable bonds is 13. The van der Waals surface area contributed by atoms with Crippen LogP contribution in [0.4, 0.5) is 46.4 Å². The number of benzene rings is 3. The molecule has 2 aliphatic carbocycles. The smallest absolute Gasteiger partial charge is 0.324 e. The van der Waals surface area contributed by atoms with Crippen molar-refractivity contribution >= 4 is 162 Å². The summed E-state index contributed by atoms with van der Waals surface area (Å²) in [6.07, 6.45) is 22.6. The first kappa shape index (κ1) is 81.0. The van der Waals surface area contributed by atoms with Crippen LogP contribution in [0.3, 0.4) is 0 Å². The number of nitrogens with one attached hydrogen (secondary N) is 7. The van der Waals surface area contributed by atoms with Crippen LogP contribution in [0.15, 0.2) is 72.8 Å². The van der Waals surface area contributed by atoms with Gasteiger partial charge in [-0.1, -0.05) is 110 Å². The SMILES string of the molecule is C.C.C.C.C.Cl.Cl.NC(=O)c1c(NC(=O)Nc2ccc(Cl)cc2)sc2c1CC1CCC2N1.NC(=O)c1c(NC(=O)Nc2ccc(Cl)cc2)sc2c1CC1CCC2N1CC1CCCCC1.NC(=O)c1c(NC(=O)Nc2ccc(Cl)cc2)sc2c1CC1CCC2N1CC1CCCCC1. The topological polar surface area (TPSA) is 271 Å². The van der Waals surface area contributed by atoms with Gasteiger partial charge in [0.15, 0.2) is 0 Å². The van der Waals surface area contributed by atoms with Crippen molar-refractivity contribution in [1.82, 2.24) is 15.1 Å². The molecule has 8 aliphatic rings. The van der Waals surface area contributed by atoms with Crippen LogP contribution >= 0.6 is 93.6 Å². The van der Waals surface area contributed by atoms with Gasteiger partial charge in [0.1, 0.15) is 15.0 Å². The number of thiophene rings is 3. The Kier molecular flexibility index (Phi) is 30.3. The number of carbonyl (C=O) groups excluding carboxylic acids is 6. The molecule has 6 aliphatic heterocycles. The van der Waals surface area contributed by atoms with E-state index in [1.807, 2.05) is 0 Å². The lowest BCUT2D eigenvalue weighted by molar-refractivity contribution is 0.0988. The summed E-state index contributed by atoms with van der Waals surface area (Å²) in [6.45, 7) is 2.30. The van der Waals surface area contributed by atoms with Gasteiger partial charge in [-0.3, -0.25) is 40.1 Å². The Morgan fingerprint density at radius 1 is 0.417 bits per heavy atom. The third-order valence-corrected chi connectivity index (χ3v) is 23.5. The zero-order chi connectivity index (χ0) is 62.0. The Bertz CT molecular complexity index is 3470. The summed E-state index contributed by atoms with van der Waals surface area (Å²) in [4.78, 5) is 83.2. The molecule has 3 saturated heterocycles. The number of nitrogens with zero attached hydrogens (tertiary/aromatic N) is 2. The maximum Gasteiger partial charge on any atom is 0.324 e. The molecule has 3 aromatic carbocycles. The molecule has 9 amide bonds. The minimum Gasteiger partial charge on any atom is -0.365 e. The fourth-order valence-corrected chi connectivity index (χ4v) is 19.5. The van der Waals surface area contributed by atoms with Crippen LogP contribution < -0.4 is 54.4 Å². The first-order chi connectivity index (χ1) is 43.0. The van der Waals surface area contributed by atoms with Crippen molar-refractivity contribution in [2.45, 2.75) is 195 Å². The van der Waals surface area contributed by atoms with Gasteiger partial charge in [0.25, 0.3) is 17.7 Å². The molecule has 96 heavy (non-hydrogen) atoms. The summed E-state index contributed by atoms with van der Waals surface area (Å²) in [6, 6.07) is 21.7. The highest BCUT2D eigenvalue weighted by Crippen LogP contribution is 2.53. The summed E-state index contributed by atoms with van der Waals surface area (Å²) >= 11 is 22.1. The molecule has 26 heteroatoms. The normalized spacial score (nSPS) is 20.8. The minimum atomic E-state index is -0.499. The monoisotopic (exact) mass is 1470 g/mol. The predicted octanol–water partition coefficient (Wildman–Crippen LogP) is 19.1. The van der Waals surface area contributed by atoms with Crippen molar-refractivity contribution in [2.75, 3.05) is 45.0 Å². The molecule has 14 rings (SSSR count). The zero-order valence-corrected chi connectivity index (χ0v) is 56.5. The Balaban J connectivity index is 0.000000253. The quantitative estimate of drug-likeness (QED) is 0.0526. The highest BCUT2D eigenvalue weighted by atomic mass is 35.5. The molecule has 6 unspecified atom stereocenters. The molecule has 6 bridgehead atoms. The lowest BCUT2D eigenvalue weighted by Crippen LogP contribution is -2.40. The van der Waals surface area contributed by atoms with Gasteiger partial charge in [0.2, 0.25) is 0 Å². The summed E-state index contributed by atoms with van der Waals surface area (Å²) in [5.74, 6) is 0.132. The lowest BCUT2D eigenvalue weighted by atomic mass is 9.87. The third-order valence-electron chi connectivity index (χ3n) is 19.0. The molecule has 6 aromatic rings. The summed E-state index contributed by atoms with van der Waals surface area (Å²) in [7, 11) is 0. The van der Waals surface area contributed by atoms with Crippen LogP contribution in [-0.4, -0.2) is 76.8 Å². The summed E-state index contributed by atoms with van der Waals surface area (Å²) < 4.78 is 0. The number of primary amides is 3. The van der Waals surface area contributed by atoms with E-state index in [9.17, 15) is 28.8 Å². The number of amides is 9. The van der Waals surface area contributed by atoms with E-state index in [0.717, 1.165) is 104 Å². The average Bonchev–Trinajstić information content (AvgIpc) is 1.60. The van der Waals surface area contributed by atoms with Crippen molar-refractivity contribution in [3.63, 3.8) is 0 Å². The first-order valence-corrected chi connectivity index (χ1v) is 34.7. The Morgan fingerprint density at radius 3 is 1.07 bits per heavy atom. The standard InChI is InChI=1S/2C24H29ClN4O2S.C17H17ClN4O2S.5CH4.2ClH/c2*25-15-6-8-16(9-7-15)27-24(31)28-23-20(22(26)30)18-12-17-10-11-19(21(18)32-23)29(17)13-14-4-2-1-3-5-14;18-8-1-3-9(4-2-8)21-17(24)22-16-13(15(19)23)11-7-10-5-6-12(20-10)14(11)25-16;;;;;;;/h2*6-9,14,17,19H,1-5,10-13H2,(H2,26,30)(H2,27,28,31);1-4,10,12,20H,5-7H2,(H2,19,23)(H2,21,22,24);5*1H4;2*1H. The summed E-state index contributed by atoms with van der Waals surface area (Å²) in [5.41, 5.74) is 23.6. The molecule has 6 atom stereocenters. The van der Waals surface area contributed by atoms with Crippen LogP contribution in [0, 0.1) is 11.8 Å². The average molecular weight is 1480 g/mol. The first-order valence-electron chi connectivity index (χ1n) is 31.1. The van der Waals surface area contributed by atoms with E-state index in [0.29, 0.717) is 94.0 Å². The van der Waals surface area contributed by atoms with E-state index in [-0.39, 0.29) is 68.0 Å². The van der Waals surface area contributed by atoms with E-state index in [4.69, 9.17) is 52.0 Å². The fourth-order valence-electron chi connectivity index (χ4n) is 15.0. The molecule has 3 aromatic heterocycles. The number of halogens is 5. The van der Waals surface area contributed by atoms with Crippen LogP contribution in [0.25, 0.3) is 0 Å². The fraction of sp³-hybridized carbons (Fsp3) is 0.486. The number of anilines is 6. The molecule has 2 saturated carbocycles. The van der Waals surface area contributed by atoms with Crippen LogP contribution in [0.5, 0.6) is 0 Å². The van der Waals surface area contributed by atoms with Crippen molar-refractivity contribution in [3.8, 4) is 0 Å². The van der Waals surface area contributed by atoms with Gasteiger partial charge in [-0.25, -0.2) is 14.4 Å².